The number of carbonyl (C=O) groups is 1. The molecule has 2 rings (SSSR count). The molecule has 132 valence electrons. The van der Waals surface area contributed by atoms with Crippen LogP contribution in [0.3, 0.4) is 0 Å². The number of hydrogen-bond donors (Lipinski definition) is 1. The van der Waals surface area contributed by atoms with Crippen LogP contribution < -0.4 is 0 Å². The van der Waals surface area contributed by atoms with Crippen molar-refractivity contribution in [1.29, 1.82) is 0 Å². The predicted molar refractivity (Wildman–Crippen MR) is 95.8 cm³/mol. The fourth-order valence-electron chi connectivity index (χ4n) is 2.14. The average Bonchev–Trinajstić information content (AvgIpc) is 2.49. The summed E-state index contributed by atoms with van der Waals surface area (Å²) in [4.78, 5) is 11.6. The van der Waals surface area contributed by atoms with Crippen LogP contribution in [0.25, 0.3) is 0 Å². The highest BCUT2D eigenvalue weighted by Crippen LogP contribution is 2.22. The Morgan fingerprint density at radius 3 is 2.20 bits per heavy atom. The van der Waals surface area contributed by atoms with Crippen molar-refractivity contribution in [3.63, 3.8) is 0 Å². The van der Waals surface area contributed by atoms with Gasteiger partial charge in [-0.2, -0.15) is 10.1 Å². The van der Waals surface area contributed by atoms with Crippen molar-refractivity contribution < 1.29 is 18.7 Å². The van der Waals surface area contributed by atoms with E-state index in [0.717, 1.165) is 5.01 Å². The molecular weight excluding hydrogens is 394 g/mol. The van der Waals surface area contributed by atoms with Crippen molar-refractivity contribution in [2.45, 2.75) is 26.3 Å². The summed E-state index contributed by atoms with van der Waals surface area (Å²) in [7, 11) is 0. The van der Waals surface area contributed by atoms with Crippen LogP contribution in [0, 0.1) is 11.6 Å². The van der Waals surface area contributed by atoms with Gasteiger partial charge in [0.15, 0.2) is 0 Å². The molecule has 0 fully saturated rings. The Hall–Kier alpha value is -2.28. The van der Waals surface area contributed by atoms with Crippen molar-refractivity contribution in [2.24, 2.45) is 5.10 Å². The van der Waals surface area contributed by atoms with Gasteiger partial charge in [0.05, 0.1) is 5.54 Å². The normalized spacial score (nSPS) is 12.2. The maximum absolute atomic E-state index is 14.5. The molecule has 0 saturated heterocycles. The first-order valence-electron chi connectivity index (χ1n) is 7.42. The molecule has 0 bridgehead atoms. The lowest BCUT2D eigenvalue weighted by molar-refractivity contribution is 0.103. The lowest BCUT2D eigenvalue weighted by Gasteiger charge is -2.29. The summed E-state index contributed by atoms with van der Waals surface area (Å²) in [6.45, 7) is 5.01. The number of halogens is 3. The summed E-state index contributed by atoms with van der Waals surface area (Å²) in [6, 6.07) is 9.66. The van der Waals surface area contributed by atoms with Gasteiger partial charge in [0.25, 0.3) is 0 Å². The first-order valence-corrected chi connectivity index (χ1v) is 8.22. The van der Waals surface area contributed by atoms with Gasteiger partial charge >= 0.3 is 6.09 Å². The maximum atomic E-state index is 14.5. The van der Waals surface area contributed by atoms with Gasteiger partial charge in [0.1, 0.15) is 17.3 Å². The van der Waals surface area contributed by atoms with Gasteiger partial charge in [-0.3, -0.25) is 0 Å². The van der Waals surface area contributed by atoms with Gasteiger partial charge in [0, 0.05) is 15.6 Å². The van der Waals surface area contributed by atoms with Crippen LogP contribution >= 0.6 is 15.9 Å². The molecule has 0 aliphatic heterocycles. The van der Waals surface area contributed by atoms with E-state index in [2.05, 4.69) is 21.0 Å². The number of hydrogen-bond acceptors (Lipinski definition) is 2. The second-order valence-electron chi connectivity index (χ2n) is 6.34. The summed E-state index contributed by atoms with van der Waals surface area (Å²) in [5, 5.41) is 14.5. The van der Waals surface area contributed by atoms with Crippen LogP contribution in [0.15, 0.2) is 52.0 Å². The molecule has 2 aromatic rings. The van der Waals surface area contributed by atoms with Crippen LogP contribution in [-0.4, -0.2) is 27.5 Å². The molecule has 7 heteroatoms. The van der Waals surface area contributed by atoms with E-state index in [9.17, 15) is 18.7 Å². The monoisotopic (exact) mass is 410 g/mol. The molecule has 0 saturated carbocycles. The average molecular weight is 411 g/mol. The number of carboxylic acid groups (broad SMARTS) is 1. The molecule has 0 aromatic heterocycles. The standard InChI is InChI=1S/C18H17BrF2N2O2/c1-18(2,3)23(17(24)25)22-16(11-4-7-13(20)8-5-11)14-9-6-12(19)10-15(14)21/h4-10H,1-3H3,(H,24,25). The second-order valence-corrected chi connectivity index (χ2v) is 7.26. The summed E-state index contributed by atoms with van der Waals surface area (Å²) in [5.74, 6) is -1.03. The van der Waals surface area contributed by atoms with Gasteiger partial charge in [-0.25, -0.2) is 13.6 Å². The zero-order valence-corrected chi connectivity index (χ0v) is 15.5. The van der Waals surface area contributed by atoms with Crippen LogP contribution in [-0.2, 0) is 0 Å². The van der Waals surface area contributed by atoms with Crippen LogP contribution in [0.1, 0.15) is 31.9 Å². The first kappa shape index (κ1) is 19.1. The minimum absolute atomic E-state index is 0.0994. The highest BCUT2D eigenvalue weighted by Gasteiger charge is 2.27. The minimum Gasteiger partial charge on any atom is -0.464 e. The van der Waals surface area contributed by atoms with Gasteiger partial charge in [0.2, 0.25) is 0 Å². The van der Waals surface area contributed by atoms with E-state index in [1.54, 1.807) is 26.8 Å². The molecule has 0 aliphatic carbocycles. The SMILES string of the molecule is CC(C)(C)N(N=C(c1ccc(F)cc1)c1ccc(Br)cc1F)C(=O)O. The quantitative estimate of drug-likeness (QED) is 0.554. The fraction of sp³-hybridized carbons (Fsp3) is 0.222. The van der Waals surface area contributed by atoms with E-state index in [4.69, 9.17) is 0 Å². The van der Waals surface area contributed by atoms with Crippen molar-refractivity contribution in [3.05, 3.63) is 69.7 Å². The lowest BCUT2D eigenvalue weighted by Crippen LogP contribution is -2.41. The molecule has 0 radical (unpaired) electrons. The summed E-state index contributed by atoms with van der Waals surface area (Å²) in [5.41, 5.74) is -0.228. The van der Waals surface area contributed by atoms with Crippen LogP contribution in [0.5, 0.6) is 0 Å². The van der Waals surface area contributed by atoms with Gasteiger partial charge < -0.3 is 5.11 Å². The van der Waals surface area contributed by atoms with Crippen molar-refractivity contribution >= 4 is 27.7 Å². The third-order valence-corrected chi connectivity index (χ3v) is 3.81. The molecular formula is C18H17BrF2N2O2. The number of nitrogens with zero attached hydrogens (tertiary/aromatic N) is 2. The predicted octanol–water partition coefficient (Wildman–Crippen LogP) is 5.26. The topological polar surface area (TPSA) is 52.9 Å². The molecule has 1 N–H and O–H groups in total. The van der Waals surface area contributed by atoms with E-state index >= 15 is 0 Å². The smallest absolute Gasteiger partial charge is 0.428 e. The largest absolute Gasteiger partial charge is 0.464 e. The van der Waals surface area contributed by atoms with E-state index in [-0.39, 0.29) is 11.3 Å². The Morgan fingerprint density at radius 2 is 1.72 bits per heavy atom. The highest BCUT2D eigenvalue weighted by molar-refractivity contribution is 9.10. The summed E-state index contributed by atoms with van der Waals surface area (Å²) < 4.78 is 28.2. The zero-order chi connectivity index (χ0) is 18.8. The number of amides is 1. The third-order valence-electron chi connectivity index (χ3n) is 3.32. The van der Waals surface area contributed by atoms with Crippen LogP contribution in [0.2, 0.25) is 0 Å². The van der Waals surface area contributed by atoms with Crippen molar-refractivity contribution in [3.8, 4) is 0 Å². The summed E-state index contributed by atoms with van der Waals surface area (Å²) >= 11 is 3.18. The van der Waals surface area contributed by atoms with Crippen molar-refractivity contribution in [2.75, 3.05) is 0 Å². The Balaban J connectivity index is 2.69. The van der Waals surface area contributed by atoms with Crippen LogP contribution in [0.4, 0.5) is 13.6 Å². The van der Waals surface area contributed by atoms with Gasteiger partial charge in [-0.15, -0.1) is 0 Å². The molecule has 0 spiro atoms. The number of benzene rings is 2. The molecule has 0 heterocycles. The minimum atomic E-state index is -1.27. The highest BCUT2D eigenvalue weighted by atomic mass is 79.9. The number of rotatable bonds is 3. The molecule has 0 unspecified atom stereocenters. The second kappa shape index (κ2) is 7.31. The Bertz CT molecular complexity index is 815. The van der Waals surface area contributed by atoms with E-state index in [0.29, 0.717) is 10.0 Å². The van der Waals surface area contributed by atoms with E-state index in [1.165, 1.54) is 36.4 Å². The van der Waals surface area contributed by atoms with E-state index < -0.39 is 23.3 Å². The lowest BCUT2D eigenvalue weighted by atomic mass is 10.0. The molecule has 0 aliphatic rings. The Morgan fingerprint density at radius 1 is 1.12 bits per heavy atom. The van der Waals surface area contributed by atoms with E-state index in [1.807, 2.05) is 0 Å². The van der Waals surface area contributed by atoms with Gasteiger partial charge in [-0.1, -0.05) is 15.9 Å². The zero-order valence-electron chi connectivity index (χ0n) is 13.9. The first-order chi connectivity index (χ1) is 11.6. The molecule has 1 amide bonds. The fourth-order valence-corrected chi connectivity index (χ4v) is 2.47. The molecule has 2 aromatic carbocycles. The number of hydrazone groups is 1. The maximum Gasteiger partial charge on any atom is 0.428 e. The van der Waals surface area contributed by atoms with Crippen molar-refractivity contribution in [1.82, 2.24) is 5.01 Å². The third kappa shape index (κ3) is 4.63. The summed E-state index contributed by atoms with van der Waals surface area (Å²) in [6.07, 6.45) is -1.27. The molecule has 0 atom stereocenters. The molecule has 4 nitrogen and oxygen atoms in total. The Labute approximate surface area is 152 Å². The molecule has 25 heavy (non-hydrogen) atoms. The Kier molecular flexibility index (Phi) is 5.57. The van der Waals surface area contributed by atoms with Gasteiger partial charge in [-0.05, 0) is 63.2 Å².